The van der Waals surface area contributed by atoms with E-state index in [0.29, 0.717) is 18.1 Å². The third-order valence-electron chi connectivity index (χ3n) is 5.66. The summed E-state index contributed by atoms with van der Waals surface area (Å²) >= 11 is 0. The van der Waals surface area contributed by atoms with Crippen molar-refractivity contribution >= 4 is 5.97 Å². The van der Waals surface area contributed by atoms with Crippen LogP contribution in [0, 0.1) is 0 Å². The minimum atomic E-state index is -0.271. The van der Waals surface area contributed by atoms with Crippen molar-refractivity contribution in [2.75, 3.05) is 20.8 Å². The summed E-state index contributed by atoms with van der Waals surface area (Å²) in [5.41, 5.74) is 6.31. The van der Waals surface area contributed by atoms with Crippen LogP contribution in [0.1, 0.15) is 78.7 Å². The van der Waals surface area contributed by atoms with Crippen LogP contribution in [0.15, 0.2) is 64.8 Å². The Morgan fingerprint density at radius 3 is 1.85 bits per heavy atom. The largest absolute Gasteiger partial charge is 0.497 e. The van der Waals surface area contributed by atoms with Crippen molar-refractivity contribution < 1.29 is 19.0 Å². The summed E-state index contributed by atoms with van der Waals surface area (Å²) in [6.07, 6.45) is 15.6. The average Bonchev–Trinajstić information content (AvgIpc) is 2.79. The van der Waals surface area contributed by atoms with Gasteiger partial charge in [-0.3, -0.25) is 4.79 Å². The number of benzene rings is 1. The van der Waals surface area contributed by atoms with Crippen LogP contribution in [0.5, 0.6) is 11.5 Å². The van der Waals surface area contributed by atoms with Crippen molar-refractivity contribution in [3.8, 4) is 11.5 Å². The lowest BCUT2D eigenvalue weighted by Gasteiger charge is -2.10. The van der Waals surface area contributed by atoms with E-state index in [-0.39, 0.29) is 12.4 Å². The highest BCUT2D eigenvalue weighted by Crippen LogP contribution is 2.25. The maximum absolute atomic E-state index is 12.2. The Balaban J connectivity index is 2.33. The van der Waals surface area contributed by atoms with Crippen LogP contribution in [-0.4, -0.2) is 26.8 Å². The molecule has 0 saturated carbocycles. The van der Waals surface area contributed by atoms with E-state index in [4.69, 9.17) is 14.2 Å². The van der Waals surface area contributed by atoms with E-state index in [1.54, 1.807) is 20.3 Å². The quantitative estimate of drug-likeness (QED) is 0.194. The zero-order valence-electron chi connectivity index (χ0n) is 22.3. The van der Waals surface area contributed by atoms with Crippen molar-refractivity contribution in [3.63, 3.8) is 0 Å². The fourth-order valence-corrected chi connectivity index (χ4v) is 3.47. The van der Waals surface area contributed by atoms with Crippen LogP contribution in [0.2, 0.25) is 0 Å². The molecule has 188 valence electrons. The molecule has 1 aromatic rings. The summed E-state index contributed by atoms with van der Waals surface area (Å²) in [4.78, 5) is 12.2. The monoisotopic (exact) mass is 468 g/mol. The van der Waals surface area contributed by atoms with E-state index in [2.05, 4.69) is 52.8 Å². The van der Waals surface area contributed by atoms with Gasteiger partial charge in [-0.1, -0.05) is 46.6 Å². The maximum Gasteiger partial charge on any atom is 0.310 e. The molecule has 0 unspecified atom stereocenters. The zero-order chi connectivity index (χ0) is 25.3. The van der Waals surface area contributed by atoms with Gasteiger partial charge in [0, 0.05) is 11.6 Å². The first-order chi connectivity index (χ1) is 16.2. The number of carbonyl (C=O) groups excluding carboxylic acids is 1. The molecule has 0 aliphatic carbocycles. The van der Waals surface area contributed by atoms with E-state index in [1.165, 1.54) is 22.3 Å². The molecule has 1 rings (SSSR count). The molecule has 4 nitrogen and oxygen atoms in total. The van der Waals surface area contributed by atoms with Gasteiger partial charge in [-0.15, -0.1) is 0 Å². The van der Waals surface area contributed by atoms with Crippen molar-refractivity contribution in [1.82, 2.24) is 0 Å². The van der Waals surface area contributed by atoms with E-state index >= 15 is 0 Å². The Morgan fingerprint density at radius 2 is 1.32 bits per heavy atom. The van der Waals surface area contributed by atoms with E-state index < -0.39 is 0 Å². The molecule has 34 heavy (non-hydrogen) atoms. The normalized spacial score (nSPS) is 12.4. The number of esters is 1. The van der Waals surface area contributed by atoms with Gasteiger partial charge < -0.3 is 14.2 Å². The van der Waals surface area contributed by atoms with Gasteiger partial charge in [-0.05, 0) is 85.3 Å². The second kappa shape index (κ2) is 16.8. The number of hydrogen-bond donors (Lipinski definition) is 0. The fraction of sp³-hybridized carbons (Fsp3) is 0.500. The Kier molecular flexibility index (Phi) is 14.5. The minimum absolute atomic E-state index is 0.171. The molecule has 0 spiro atoms. The van der Waals surface area contributed by atoms with Crippen LogP contribution in [0.4, 0.5) is 0 Å². The lowest BCUT2D eigenvalue weighted by molar-refractivity contribution is -0.141. The van der Waals surface area contributed by atoms with Gasteiger partial charge in [0.05, 0.1) is 20.6 Å². The van der Waals surface area contributed by atoms with Gasteiger partial charge in [0.15, 0.2) is 0 Å². The molecule has 0 atom stereocenters. The Bertz CT molecular complexity index is 883. The molecule has 0 heterocycles. The summed E-state index contributed by atoms with van der Waals surface area (Å²) in [7, 11) is 3.18. The number of ether oxygens (including phenoxy) is 3. The lowest BCUT2D eigenvalue weighted by Crippen LogP contribution is -2.09. The third-order valence-corrected chi connectivity index (χ3v) is 5.66. The van der Waals surface area contributed by atoms with Gasteiger partial charge in [-0.2, -0.15) is 0 Å². The predicted octanol–water partition coefficient (Wildman–Crippen LogP) is 7.94. The van der Waals surface area contributed by atoms with Crippen molar-refractivity contribution in [1.29, 1.82) is 0 Å². The van der Waals surface area contributed by atoms with E-state index in [0.717, 1.165) is 44.1 Å². The molecule has 0 radical (unpaired) electrons. The molecular formula is C30H44O4. The van der Waals surface area contributed by atoms with Gasteiger partial charge in [0.25, 0.3) is 0 Å². The van der Waals surface area contributed by atoms with Gasteiger partial charge >= 0.3 is 5.97 Å². The molecular weight excluding hydrogens is 424 g/mol. The van der Waals surface area contributed by atoms with Crippen molar-refractivity contribution in [2.24, 2.45) is 0 Å². The summed E-state index contributed by atoms with van der Waals surface area (Å²) in [5, 5.41) is 0. The van der Waals surface area contributed by atoms with Crippen molar-refractivity contribution in [3.05, 3.63) is 70.4 Å². The zero-order valence-corrected chi connectivity index (χ0v) is 22.3. The molecule has 0 aliphatic heterocycles. The lowest BCUT2D eigenvalue weighted by atomic mass is 10.0. The fourth-order valence-electron chi connectivity index (χ4n) is 3.47. The van der Waals surface area contributed by atoms with E-state index in [9.17, 15) is 4.79 Å². The first kappa shape index (κ1) is 29.3. The molecule has 0 aliphatic rings. The Labute approximate surface area is 207 Å². The van der Waals surface area contributed by atoms with Crippen LogP contribution in [-0.2, 0) is 16.0 Å². The Morgan fingerprint density at radius 1 is 0.765 bits per heavy atom. The molecule has 1 aromatic carbocycles. The number of allylic oxidation sites excluding steroid dienone is 7. The average molecular weight is 469 g/mol. The van der Waals surface area contributed by atoms with Gasteiger partial charge in [-0.25, -0.2) is 0 Å². The standard InChI is InChI=1S/C30H44O4/c1-23(2)11-8-12-24(3)13-9-14-25(4)15-10-16-26(5)19-20-34-30(31)21-27-17-18-28(32-6)22-29(27)33-7/h11,13,15,17-19,22H,8-10,12,14,16,20-21H2,1-7H3/b24-13+,25-15+,26-19+. The van der Waals surface area contributed by atoms with Crippen LogP contribution in [0.25, 0.3) is 0 Å². The summed E-state index contributed by atoms with van der Waals surface area (Å²) in [6.45, 7) is 11.1. The number of methoxy groups -OCH3 is 2. The molecule has 0 fully saturated rings. The maximum atomic E-state index is 12.2. The molecule has 0 N–H and O–H groups in total. The molecule has 0 saturated heterocycles. The highest BCUT2D eigenvalue weighted by Gasteiger charge is 2.10. The topological polar surface area (TPSA) is 44.8 Å². The molecule has 0 aromatic heterocycles. The highest BCUT2D eigenvalue weighted by molar-refractivity contribution is 5.73. The summed E-state index contributed by atoms with van der Waals surface area (Å²) in [6, 6.07) is 5.41. The van der Waals surface area contributed by atoms with Crippen LogP contribution >= 0.6 is 0 Å². The first-order valence-electron chi connectivity index (χ1n) is 12.2. The number of rotatable bonds is 15. The number of hydrogen-bond acceptors (Lipinski definition) is 4. The Hall–Kier alpha value is -2.75. The highest BCUT2D eigenvalue weighted by atomic mass is 16.5. The van der Waals surface area contributed by atoms with Crippen LogP contribution < -0.4 is 9.47 Å². The second-order valence-electron chi connectivity index (χ2n) is 9.09. The van der Waals surface area contributed by atoms with Crippen molar-refractivity contribution in [2.45, 2.75) is 79.6 Å². The second-order valence-corrected chi connectivity index (χ2v) is 9.09. The van der Waals surface area contributed by atoms with E-state index in [1.807, 2.05) is 18.2 Å². The van der Waals surface area contributed by atoms with Gasteiger partial charge in [0.1, 0.15) is 18.1 Å². The molecule has 0 amide bonds. The summed E-state index contributed by atoms with van der Waals surface area (Å²) < 4.78 is 15.9. The SMILES string of the molecule is COc1ccc(CC(=O)OC/C=C(\C)CC/C=C(\C)CC/C=C(\C)CCC=C(C)C)c(OC)c1. The molecule has 4 heteroatoms. The smallest absolute Gasteiger partial charge is 0.310 e. The summed E-state index contributed by atoms with van der Waals surface area (Å²) in [5.74, 6) is 1.05. The predicted molar refractivity (Wildman–Crippen MR) is 143 cm³/mol. The minimum Gasteiger partial charge on any atom is -0.497 e. The third kappa shape index (κ3) is 13.1. The van der Waals surface area contributed by atoms with Crippen LogP contribution in [0.3, 0.4) is 0 Å². The van der Waals surface area contributed by atoms with Gasteiger partial charge in [0.2, 0.25) is 0 Å². The first-order valence-corrected chi connectivity index (χ1v) is 12.2. The molecule has 0 bridgehead atoms. The number of carbonyl (C=O) groups is 1.